The summed E-state index contributed by atoms with van der Waals surface area (Å²) in [6.45, 7) is 0. The second kappa shape index (κ2) is 6.87. The fourth-order valence-corrected chi connectivity index (χ4v) is 2.51. The van der Waals surface area contributed by atoms with Crippen LogP contribution in [0.3, 0.4) is 0 Å². The van der Waals surface area contributed by atoms with Crippen LogP contribution in [0.15, 0.2) is 60.0 Å². The molecule has 0 N–H and O–H groups in total. The van der Waals surface area contributed by atoms with Crippen molar-refractivity contribution in [3.8, 4) is 0 Å². The number of halogens is 1. The van der Waals surface area contributed by atoms with Crippen molar-refractivity contribution >= 4 is 40.4 Å². The highest BCUT2D eigenvalue weighted by molar-refractivity contribution is 14.1. The Morgan fingerprint density at radius 1 is 0.941 bits per heavy atom. The number of thioether (sulfide) groups is 1. The van der Waals surface area contributed by atoms with Crippen molar-refractivity contribution in [1.82, 2.24) is 0 Å². The van der Waals surface area contributed by atoms with E-state index in [1.807, 2.05) is 11.8 Å². The van der Waals surface area contributed by atoms with Crippen LogP contribution in [0.4, 0.5) is 0 Å². The zero-order valence-electron chi connectivity index (χ0n) is 9.34. The molecule has 17 heavy (non-hydrogen) atoms. The number of rotatable bonds is 4. The van der Waals surface area contributed by atoms with E-state index >= 15 is 0 Å². The van der Waals surface area contributed by atoms with Gasteiger partial charge < -0.3 is 0 Å². The highest BCUT2D eigenvalue weighted by Gasteiger charge is 1.90. The maximum Gasteiger partial charge on any atom is 0.0226 e. The van der Waals surface area contributed by atoms with Gasteiger partial charge in [0.25, 0.3) is 0 Å². The molecule has 2 rings (SSSR count). The quantitative estimate of drug-likeness (QED) is 0.682. The van der Waals surface area contributed by atoms with Crippen molar-refractivity contribution in [2.45, 2.75) is 5.75 Å². The van der Waals surface area contributed by atoms with E-state index < -0.39 is 0 Å². The smallest absolute Gasteiger partial charge is 0.0226 e. The standard InChI is InChI=1S/C15H13IS/c16-15-8-6-13(7-9-15)10-11-17-12-14-4-2-1-3-5-14/h1-11H,12H2. The largest absolute Gasteiger partial charge is 0.129 e. The molecule has 0 heterocycles. The Kier molecular flexibility index (Phi) is 5.13. The first-order chi connectivity index (χ1) is 8.34. The lowest BCUT2D eigenvalue weighted by molar-refractivity contribution is 1.42. The van der Waals surface area contributed by atoms with Crippen LogP contribution >= 0.6 is 34.4 Å². The topological polar surface area (TPSA) is 0 Å². The van der Waals surface area contributed by atoms with Gasteiger partial charge in [-0.2, -0.15) is 0 Å². The molecule has 0 unspecified atom stereocenters. The summed E-state index contributed by atoms with van der Waals surface area (Å²) in [5, 5.41) is 2.16. The number of benzene rings is 2. The molecule has 0 saturated heterocycles. The molecule has 0 aliphatic heterocycles. The van der Waals surface area contributed by atoms with Gasteiger partial charge in [0.05, 0.1) is 0 Å². The molecule has 2 heteroatoms. The lowest BCUT2D eigenvalue weighted by Crippen LogP contribution is -1.76. The van der Waals surface area contributed by atoms with Crippen LogP contribution in [0.5, 0.6) is 0 Å². The van der Waals surface area contributed by atoms with Gasteiger partial charge in [-0.25, -0.2) is 0 Å². The van der Waals surface area contributed by atoms with Crippen molar-refractivity contribution in [2.75, 3.05) is 0 Å². The normalized spacial score (nSPS) is 10.9. The van der Waals surface area contributed by atoms with E-state index in [2.05, 4.69) is 88.7 Å². The van der Waals surface area contributed by atoms with Gasteiger partial charge in [-0.1, -0.05) is 42.5 Å². The first-order valence-electron chi connectivity index (χ1n) is 5.42. The molecule has 0 aromatic heterocycles. The second-order valence-electron chi connectivity index (χ2n) is 3.65. The van der Waals surface area contributed by atoms with Crippen LogP contribution in [0.2, 0.25) is 0 Å². The SMILES string of the molecule is Ic1ccc(C=CSCc2ccccc2)cc1. The molecule has 0 radical (unpaired) electrons. The van der Waals surface area contributed by atoms with Crippen LogP contribution in [-0.4, -0.2) is 0 Å². The second-order valence-corrected chi connectivity index (χ2v) is 5.79. The first-order valence-corrected chi connectivity index (χ1v) is 7.55. The summed E-state index contributed by atoms with van der Waals surface area (Å²) < 4.78 is 1.27. The zero-order chi connectivity index (χ0) is 11.9. The third-order valence-corrected chi connectivity index (χ3v) is 3.87. The third kappa shape index (κ3) is 4.56. The molecule has 0 fully saturated rings. The molecule has 0 amide bonds. The Labute approximate surface area is 120 Å². The summed E-state index contributed by atoms with van der Waals surface area (Å²) in [7, 11) is 0. The van der Waals surface area contributed by atoms with E-state index in [1.54, 1.807) is 0 Å². The van der Waals surface area contributed by atoms with Crippen LogP contribution in [0, 0.1) is 3.57 Å². The van der Waals surface area contributed by atoms with E-state index in [-0.39, 0.29) is 0 Å². The molecule has 0 saturated carbocycles. The average molecular weight is 352 g/mol. The van der Waals surface area contributed by atoms with E-state index in [9.17, 15) is 0 Å². The van der Waals surface area contributed by atoms with Gasteiger partial charge in [0, 0.05) is 9.32 Å². The lowest BCUT2D eigenvalue weighted by Gasteiger charge is -1.97. The fraction of sp³-hybridized carbons (Fsp3) is 0.0667. The summed E-state index contributed by atoms with van der Waals surface area (Å²) in [6, 6.07) is 19.1. The van der Waals surface area contributed by atoms with Gasteiger partial charge >= 0.3 is 0 Å². The summed E-state index contributed by atoms with van der Waals surface area (Å²) >= 11 is 4.14. The highest BCUT2D eigenvalue weighted by atomic mass is 127. The Bertz CT molecular complexity index is 474. The molecule has 0 bridgehead atoms. The third-order valence-electron chi connectivity index (χ3n) is 2.32. The minimum atomic E-state index is 1.03. The minimum absolute atomic E-state index is 1.03. The van der Waals surface area contributed by atoms with Crippen molar-refractivity contribution < 1.29 is 0 Å². The molecule has 0 nitrogen and oxygen atoms in total. The van der Waals surface area contributed by atoms with Crippen molar-refractivity contribution in [3.05, 3.63) is 74.7 Å². The van der Waals surface area contributed by atoms with E-state index in [1.165, 1.54) is 14.7 Å². The summed E-state index contributed by atoms with van der Waals surface area (Å²) in [5.41, 5.74) is 2.62. The predicted molar refractivity (Wildman–Crippen MR) is 85.9 cm³/mol. The van der Waals surface area contributed by atoms with Crippen LogP contribution in [0.1, 0.15) is 11.1 Å². The summed E-state index contributed by atoms with van der Waals surface area (Å²) in [4.78, 5) is 0. The molecule has 2 aromatic rings. The number of hydrogen-bond acceptors (Lipinski definition) is 1. The summed E-state index contributed by atoms with van der Waals surface area (Å²) in [5.74, 6) is 1.03. The van der Waals surface area contributed by atoms with Gasteiger partial charge in [-0.3, -0.25) is 0 Å². The molecule has 0 aliphatic carbocycles. The Morgan fingerprint density at radius 2 is 1.65 bits per heavy atom. The van der Waals surface area contributed by atoms with Crippen LogP contribution < -0.4 is 0 Å². The average Bonchev–Trinajstić information content (AvgIpc) is 2.38. The molecule has 2 aromatic carbocycles. The van der Waals surface area contributed by atoms with Gasteiger partial charge in [-0.15, -0.1) is 11.8 Å². The minimum Gasteiger partial charge on any atom is -0.129 e. The van der Waals surface area contributed by atoms with Gasteiger partial charge in [0.2, 0.25) is 0 Å². The Morgan fingerprint density at radius 3 is 2.35 bits per heavy atom. The Balaban J connectivity index is 1.84. The van der Waals surface area contributed by atoms with E-state index in [4.69, 9.17) is 0 Å². The summed E-state index contributed by atoms with van der Waals surface area (Å²) in [6.07, 6.45) is 2.16. The fourth-order valence-electron chi connectivity index (χ4n) is 1.42. The molecule has 0 atom stereocenters. The van der Waals surface area contributed by atoms with Crippen molar-refractivity contribution in [3.63, 3.8) is 0 Å². The Hall–Kier alpha value is -0.740. The van der Waals surface area contributed by atoms with Gasteiger partial charge in [-0.05, 0) is 57.3 Å². The molecule has 0 spiro atoms. The molecular weight excluding hydrogens is 339 g/mol. The first kappa shape index (κ1) is 12.7. The maximum atomic E-state index is 2.32. The van der Waals surface area contributed by atoms with Crippen LogP contribution in [-0.2, 0) is 5.75 Å². The molecular formula is C15H13IS. The number of hydrogen-bond donors (Lipinski definition) is 0. The molecule has 86 valence electrons. The van der Waals surface area contributed by atoms with Gasteiger partial charge in [0.15, 0.2) is 0 Å². The monoisotopic (exact) mass is 352 g/mol. The molecule has 0 aliphatic rings. The van der Waals surface area contributed by atoms with Crippen molar-refractivity contribution in [1.29, 1.82) is 0 Å². The van der Waals surface area contributed by atoms with Crippen LogP contribution in [0.25, 0.3) is 6.08 Å². The lowest BCUT2D eigenvalue weighted by atomic mass is 10.2. The highest BCUT2D eigenvalue weighted by Crippen LogP contribution is 2.15. The predicted octanol–water partition coefficient (Wildman–Crippen LogP) is 5.20. The van der Waals surface area contributed by atoms with E-state index in [0.717, 1.165) is 5.75 Å². The van der Waals surface area contributed by atoms with Crippen molar-refractivity contribution in [2.24, 2.45) is 0 Å². The zero-order valence-corrected chi connectivity index (χ0v) is 12.3. The van der Waals surface area contributed by atoms with Gasteiger partial charge in [0.1, 0.15) is 0 Å². The maximum absolute atomic E-state index is 2.32. The van der Waals surface area contributed by atoms with E-state index in [0.29, 0.717) is 0 Å².